The van der Waals surface area contributed by atoms with E-state index in [0.29, 0.717) is 18.4 Å². The fourth-order valence-corrected chi connectivity index (χ4v) is 6.22. The van der Waals surface area contributed by atoms with Crippen molar-refractivity contribution in [2.24, 2.45) is 4.40 Å². The predicted molar refractivity (Wildman–Crippen MR) is 115 cm³/mol. The minimum atomic E-state index is -4.55. The number of nitrogens with zero attached hydrogens (tertiary/aromatic N) is 3. The smallest absolute Gasteiger partial charge is 0.416 e. The molecule has 0 radical (unpaired) electrons. The number of halogens is 3. The van der Waals surface area contributed by atoms with Crippen LogP contribution in [0.25, 0.3) is 0 Å². The summed E-state index contributed by atoms with van der Waals surface area (Å²) in [6.07, 6.45) is -1.08. The van der Waals surface area contributed by atoms with Crippen molar-refractivity contribution in [1.82, 2.24) is 4.90 Å². The number of rotatable bonds is 3. The molecule has 6 rings (SSSR count). The van der Waals surface area contributed by atoms with Gasteiger partial charge in [-0.3, -0.25) is 0 Å². The maximum Gasteiger partial charge on any atom is 0.416 e. The minimum Gasteiger partial charge on any atom is -0.456 e. The maximum atomic E-state index is 13.1. The highest BCUT2D eigenvalue weighted by molar-refractivity contribution is 7.90. The van der Waals surface area contributed by atoms with E-state index in [1.807, 2.05) is 18.2 Å². The first-order valence-corrected chi connectivity index (χ1v) is 12.2. The Labute approximate surface area is 189 Å². The van der Waals surface area contributed by atoms with Gasteiger partial charge in [0.1, 0.15) is 23.4 Å². The van der Waals surface area contributed by atoms with Crippen LogP contribution in [0.15, 0.2) is 46.9 Å². The Balaban J connectivity index is 1.47. The summed E-state index contributed by atoms with van der Waals surface area (Å²) < 4.78 is 73.5. The molecule has 2 aromatic rings. The van der Waals surface area contributed by atoms with E-state index in [1.165, 1.54) is 0 Å². The minimum absolute atomic E-state index is 0.00585. The normalized spacial score (nSPS) is 25.7. The van der Waals surface area contributed by atoms with Crippen molar-refractivity contribution >= 4 is 15.9 Å². The summed E-state index contributed by atoms with van der Waals surface area (Å²) >= 11 is 0. The van der Waals surface area contributed by atoms with Gasteiger partial charge in [-0.15, -0.1) is 4.40 Å². The number of sulfonamides is 1. The number of piperidine rings is 2. The van der Waals surface area contributed by atoms with Gasteiger partial charge in [0.15, 0.2) is 0 Å². The third-order valence-electron chi connectivity index (χ3n) is 6.83. The number of hydrogen-bond acceptors (Lipinski definition) is 5. The van der Waals surface area contributed by atoms with E-state index in [4.69, 9.17) is 4.74 Å². The largest absolute Gasteiger partial charge is 0.456 e. The monoisotopic (exact) mass is 475 g/mol. The van der Waals surface area contributed by atoms with E-state index in [0.717, 1.165) is 49.4 Å². The standard InChI is InChI=1S/C23H20F3N3O3S/c24-23(25,26)17-2-1-15(14-27)20(13-17)32-19-5-3-16(4-6-19)22-9-7-18(8-10-22)29-11-12-33(30,31)28-21(22)29/h1-6,13,18H,7-12H2. The van der Waals surface area contributed by atoms with Gasteiger partial charge in [0.25, 0.3) is 10.0 Å². The van der Waals surface area contributed by atoms with Gasteiger partial charge in [-0.05, 0) is 61.6 Å². The van der Waals surface area contributed by atoms with Crippen molar-refractivity contribution in [1.29, 1.82) is 5.26 Å². The zero-order valence-electron chi connectivity index (χ0n) is 17.5. The highest BCUT2D eigenvalue weighted by Crippen LogP contribution is 2.49. The molecule has 0 amide bonds. The number of alkyl halides is 3. The summed E-state index contributed by atoms with van der Waals surface area (Å²) in [6, 6.07) is 11.8. The third-order valence-corrected chi connectivity index (χ3v) is 7.98. The Bertz CT molecular complexity index is 1270. The van der Waals surface area contributed by atoms with Gasteiger partial charge in [-0.1, -0.05) is 12.1 Å². The van der Waals surface area contributed by atoms with Crippen LogP contribution in [0.5, 0.6) is 11.5 Å². The van der Waals surface area contributed by atoms with E-state index >= 15 is 0 Å². The molecule has 0 unspecified atom stereocenters. The van der Waals surface area contributed by atoms with Crippen LogP contribution < -0.4 is 4.74 Å². The first-order valence-electron chi connectivity index (χ1n) is 10.6. The second-order valence-corrected chi connectivity index (χ2v) is 10.4. The second kappa shape index (κ2) is 7.48. The molecule has 3 fully saturated rings. The lowest BCUT2D eigenvalue weighted by molar-refractivity contribution is -0.137. The van der Waals surface area contributed by atoms with Crippen LogP contribution in [-0.4, -0.2) is 37.5 Å². The zero-order chi connectivity index (χ0) is 23.4. The molecule has 172 valence electrons. The summed E-state index contributed by atoms with van der Waals surface area (Å²) in [5, 5.41) is 9.25. The molecule has 2 bridgehead atoms. The van der Waals surface area contributed by atoms with Crippen LogP contribution in [-0.2, 0) is 21.6 Å². The van der Waals surface area contributed by atoms with Crippen molar-refractivity contribution in [3.8, 4) is 17.6 Å². The van der Waals surface area contributed by atoms with E-state index in [2.05, 4.69) is 9.30 Å². The average molecular weight is 475 g/mol. The highest BCUT2D eigenvalue weighted by Gasteiger charge is 2.52. The third kappa shape index (κ3) is 3.74. The molecule has 0 atom stereocenters. The van der Waals surface area contributed by atoms with Gasteiger partial charge in [0.05, 0.1) is 22.3 Å². The van der Waals surface area contributed by atoms with Gasteiger partial charge in [0.2, 0.25) is 0 Å². The van der Waals surface area contributed by atoms with Crippen molar-refractivity contribution in [2.75, 3.05) is 12.3 Å². The Morgan fingerprint density at radius 2 is 1.82 bits per heavy atom. The number of nitriles is 1. The van der Waals surface area contributed by atoms with Gasteiger partial charge in [0, 0.05) is 12.6 Å². The number of benzene rings is 2. The summed E-state index contributed by atoms with van der Waals surface area (Å²) in [5.74, 6) is 0.735. The number of ether oxygens (including phenoxy) is 1. The number of fused-ring (bicyclic) bond motifs is 2. The van der Waals surface area contributed by atoms with E-state index in [-0.39, 0.29) is 22.8 Å². The molecular formula is C23H20F3N3O3S. The molecular weight excluding hydrogens is 455 g/mol. The van der Waals surface area contributed by atoms with Gasteiger partial charge in [-0.2, -0.15) is 18.4 Å². The molecule has 1 aliphatic carbocycles. The first kappa shape index (κ1) is 21.8. The maximum absolute atomic E-state index is 13.1. The summed E-state index contributed by atoms with van der Waals surface area (Å²) in [4.78, 5) is 2.13. The van der Waals surface area contributed by atoms with Crippen molar-refractivity contribution in [2.45, 2.75) is 43.3 Å². The highest BCUT2D eigenvalue weighted by atomic mass is 32.2. The van der Waals surface area contributed by atoms with Gasteiger partial charge < -0.3 is 9.64 Å². The first-order chi connectivity index (χ1) is 15.6. The van der Waals surface area contributed by atoms with E-state index in [1.54, 1.807) is 12.1 Å². The fourth-order valence-electron chi connectivity index (χ4n) is 5.16. The molecule has 0 spiro atoms. The number of hydrogen-bond donors (Lipinski definition) is 0. The summed E-state index contributed by atoms with van der Waals surface area (Å²) in [7, 11) is -3.50. The van der Waals surface area contributed by atoms with Gasteiger partial charge in [-0.25, -0.2) is 8.42 Å². The second-order valence-electron chi connectivity index (χ2n) is 8.65. The average Bonchev–Trinajstić information content (AvgIpc) is 2.79. The van der Waals surface area contributed by atoms with Crippen LogP contribution in [0.1, 0.15) is 42.4 Å². The molecule has 10 heteroatoms. The summed E-state index contributed by atoms with van der Waals surface area (Å²) in [6.45, 7) is 0.446. The summed E-state index contributed by atoms with van der Waals surface area (Å²) in [5.41, 5.74) is -0.510. The van der Waals surface area contributed by atoms with E-state index in [9.17, 15) is 26.9 Å². The van der Waals surface area contributed by atoms with Crippen LogP contribution in [0.3, 0.4) is 0 Å². The van der Waals surface area contributed by atoms with Crippen LogP contribution in [0.4, 0.5) is 13.2 Å². The Kier molecular flexibility index (Phi) is 4.94. The lowest BCUT2D eigenvalue weighted by Crippen LogP contribution is -2.62. The topological polar surface area (TPSA) is 82.8 Å². The van der Waals surface area contributed by atoms with Crippen LogP contribution in [0, 0.1) is 11.3 Å². The predicted octanol–water partition coefficient (Wildman–Crippen LogP) is 4.61. The molecule has 2 saturated heterocycles. The van der Waals surface area contributed by atoms with E-state index < -0.39 is 27.2 Å². The van der Waals surface area contributed by atoms with Crippen molar-refractivity contribution < 1.29 is 26.3 Å². The van der Waals surface area contributed by atoms with Crippen molar-refractivity contribution in [3.05, 3.63) is 59.2 Å². The zero-order valence-corrected chi connectivity index (χ0v) is 18.3. The lowest BCUT2D eigenvalue weighted by atomic mass is 9.63. The molecule has 0 N–H and O–H groups in total. The quantitative estimate of drug-likeness (QED) is 0.648. The lowest BCUT2D eigenvalue weighted by Gasteiger charge is -2.55. The Morgan fingerprint density at radius 3 is 2.45 bits per heavy atom. The number of amidine groups is 1. The Morgan fingerprint density at radius 1 is 1.12 bits per heavy atom. The van der Waals surface area contributed by atoms with Crippen LogP contribution >= 0.6 is 0 Å². The molecule has 33 heavy (non-hydrogen) atoms. The molecule has 6 nitrogen and oxygen atoms in total. The molecule has 4 aliphatic rings. The molecule has 3 aliphatic heterocycles. The molecule has 3 heterocycles. The van der Waals surface area contributed by atoms with Crippen molar-refractivity contribution in [3.63, 3.8) is 0 Å². The SMILES string of the molecule is N#Cc1ccc(C(F)(F)F)cc1Oc1ccc(C23CCC(CC2)N2CCS(=O)(=O)N=C23)cc1. The molecule has 0 aromatic heterocycles. The van der Waals surface area contributed by atoms with Crippen LogP contribution in [0.2, 0.25) is 0 Å². The molecule has 1 saturated carbocycles. The molecule has 2 aromatic carbocycles. The Hall–Kier alpha value is -3.06. The fraction of sp³-hybridized carbons (Fsp3) is 0.391. The van der Waals surface area contributed by atoms with Gasteiger partial charge >= 0.3 is 6.18 Å².